The molecule has 0 N–H and O–H groups in total. The molecule has 144 valence electrons. The number of carbonyl (C=O) groups is 3. The zero-order chi connectivity index (χ0) is 19.5. The number of benzene rings is 2. The smallest absolute Gasteiger partial charge is 0.253 e. The van der Waals surface area contributed by atoms with Crippen LogP contribution in [0.3, 0.4) is 0 Å². The summed E-state index contributed by atoms with van der Waals surface area (Å²) >= 11 is 0. The van der Waals surface area contributed by atoms with Crippen LogP contribution < -0.4 is 0 Å². The fraction of sp³-hybridized carbons (Fsp3) is 0.318. The van der Waals surface area contributed by atoms with Gasteiger partial charge in [-0.2, -0.15) is 0 Å². The minimum Gasteiger partial charge on any atom is -0.336 e. The van der Waals surface area contributed by atoms with E-state index in [-0.39, 0.29) is 24.1 Å². The molecule has 0 bridgehead atoms. The van der Waals surface area contributed by atoms with Crippen molar-refractivity contribution in [3.05, 3.63) is 71.8 Å². The van der Waals surface area contributed by atoms with Gasteiger partial charge in [0.2, 0.25) is 11.8 Å². The molecule has 0 radical (unpaired) electrons. The Morgan fingerprint density at radius 2 is 1.46 bits per heavy atom. The van der Waals surface area contributed by atoms with Crippen molar-refractivity contribution in [2.75, 3.05) is 26.2 Å². The van der Waals surface area contributed by atoms with Gasteiger partial charge in [0.25, 0.3) is 5.91 Å². The van der Waals surface area contributed by atoms with Crippen molar-refractivity contribution in [2.45, 2.75) is 19.0 Å². The van der Waals surface area contributed by atoms with Crippen LogP contribution in [0.15, 0.2) is 60.7 Å². The van der Waals surface area contributed by atoms with Gasteiger partial charge in [0.1, 0.15) is 0 Å². The number of imide groups is 1. The molecule has 2 saturated heterocycles. The van der Waals surface area contributed by atoms with E-state index in [1.165, 1.54) is 4.90 Å². The summed E-state index contributed by atoms with van der Waals surface area (Å²) in [5.74, 6) is -0.238. The third kappa shape index (κ3) is 3.68. The fourth-order valence-electron chi connectivity index (χ4n) is 3.88. The number of hydrogen-bond acceptors (Lipinski definition) is 4. The Labute approximate surface area is 164 Å². The van der Waals surface area contributed by atoms with Gasteiger partial charge in [0.05, 0.1) is 19.0 Å². The molecule has 2 aliphatic rings. The van der Waals surface area contributed by atoms with Crippen molar-refractivity contribution >= 4 is 17.7 Å². The normalized spacial score (nSPS) is 20.6. The monoisotopic (exact) mass is 377 g/mol. The molecular formula is C22H23N3O3. The summed E-state index contributed by atoms with van der Waals surface area (Å²) in [4.78, 5) is 43.0. The van der Waals surface area contributed by atoms with Crippen LogP contribution in [0, 0.1) is 0 Å². The van der Waals surface area contributed by atoms with Crippen LogP contribution >= 0.6 is 0 Å². The molecule has 0 saturated carbocycles. The SMILES string of the molecule is O=C(c1ccccc1)N1CCN(C2CC(=O)N(Cc3ccccc3)C2=O)CC1. The molecule has 2 fully saturated rings. The number of rotatable bonds is 4. The highest BCUT2D eigenvalue weighted by molar-refractivity contribution is 6.05. The number of amides is 3. The molecule has 0 aromatic heterocycles. The molecule has 6 nitrogen and oxygen atoms in total. The van der Waals surface area contributed by atoms with Crippen molar-refractivity contribution < 1.29 is 14.4 Å². The standard InChI is InChI=1S/C22H23N3O3/c26-20-15-19(22(28)25(20)16-17-7-3-1-4-8-17)23-11-13-24(14-12-23)21(27)18-9-5-2-6-10-18/h1-10,19H,11-16H2. The van der Waals surface area contributed by atoms with E-state index in [0.717, 1.165) is 5.56 Å². The van der Waals surface area contributed by atoms with Crippen LogP contribution in [-0.2, 0) is 16.1 Å². The molecule has 0 aliphatic carbocycles. The van der Waals surface area contributed by atoms with Crippen LogP contribution in [0.5, 0.6) is 0 Å². The number of hydrogen-bond donors (Lipinski definition) is 0. The summed E-state index contributed by atoms with van der Waals surface area (Å²) in [5, 5.41) is 0. The molecule has 1 unspecified atom stereocenters. The lowest BCUT2D eigenvalue weighted by Crippen LogP contribution is -2.53. The third-order valence-electron chi connectivity index (χ3n) is 5.47. The molecule has 2 aromatic rings. The van der Waals surface area contributed by atoms with Gasteiger partial charge in [-0.1, -0.05) is 48.5 Å². The number of carbonyl (C=O) groups excluding carboxylic acids is 3. The Kier molecular flexibility index (Phi) is 5.21. The average molecular weight is 377 g/mol. The Morgan fingerprint density at radius 3 is 2.11 bits per heavy atom. The van der Waals surface area contributed by atoms with Crippen molar-refractivity contribution in [1.29, 1.82) is 0 Å². The first-order valence-electron chi connectivity index (χ1n) is 9.60. The lowest BCUT2D eigenvalue weighted by Gasteiger charge is -2.37. The highest BCUT2D eigenvalue weighted by Crippen LogP contribution is 2.22. The van der Waals surface area contributed by atoms with Gasteiger partial charge in [-0.3, -0.25) is 24.2 Å². The average Bonchev–Trinajstić information content (AvgIpc) is 3.03. The maximum absolute atomic E-state index is 12.8. The van der Waals surface area contributed by atoms with E-state index in [0.29, 0.717) is 38.3 Å². The van der Waals surface area contributed by atoms with E-state index < -0.39 is 6.04 Å². The van der Waals surface area contributed by atoms with Crippen molar-refractivity contribution in [1.82, 2.24) is 14.7 Å². The van der Waals surface area contributed by atoms with Gasteiger partial charge in [0.15, 0.2) is 0 Å². The summed E-state index contributed by atoms with van der Waals surface area (Å²) < 4.78 is 0. The Balaban J connectivity index is 1.36. The zero-order valence-electron chi connectivity index (χ0n) is 15.7. The molecule has 2 heterocycles. The Morgan fingerprint density at radius 1 is 0.857 bits per heavy atom. The minimum atomic E-state index is -0.412. The topological polar surface area (TPSA) is 60.9 Å². The lowest BCUT2D eigenvalue weighted by molar-refractivity contribution is -0.140. The Hall–Kier alpha value is -2.99. The number of likely N-dealkylation sites (tertiary alicyclic amines) is 1. The van der Waals surface area contributed by atoms with E-state index >= 15 is 0 Å². The van der Waals surface area contributed by atoms with Gasteiger partial charge < -0.3 is 4.90 Å². The third-order valence-corrected chi connectivity index (χ3v) is 5.47. The van der Waals surface area contributed by atoms with E-state index in [4.69, 9.17) is 0 Å². The van der Waals surface area contributed by atoms with Crippen molar-refractivity contribution in [2.24, 2.45) is 0 Å². The first-order valence-corrected chi connectivity index (χ1v) is 9.60. The molecule has 3 amide bonds. The second kappa shape index (κ2) is 7.94. The Bertz CT molecular complexity index is 861. The van der Waals surface area contributed by atoms with Crippen LogP contribution in [0.2, 0.25) is 0 Å². The van der Waals surface area contributed by atoms with Gasteiger partial charge in [-0.15, -0.1) is 0 Å². The molecule has 4 rings (SSSR count). The summed E-state index contributed by atoms with van der Waals surface area (Å²) in [6.07, 6.45) is 0.221. The first kappa shape index (κ1) is 18.4. The van der Waals surface area contributed by atoms with Crippen LogP contribution in [0.25, 0.3) is 0 Å². The predicted octanol–water partition coefficient (Wildman–Crippen LogP) is 1.77. The second-order valence-electron chi connectivity index (χ2n) is 7.22. The van der Waals surface area contributed by atoms with Crippen LogP contribution in [0.1, 0.15) is 22.3 Å². The quantitative estimate of drug-likeness (QED) is 0.762. The summed E-state index contributed by atoms with van der Waals surface area (Å²) in [6, 6.07) is 18.4. The first-order chi connectivity index (χ1) is 13.6. The van der Waals surface area contributed by atoms with Gasteiger partial charge in [-0.25, -0.2) is 0 Å². The van der Waals surface area contributed by atoms with E-state index in [1.54, 1.807) is 0 Å². The summed E-state index contributed by atoms with van der Waals surface area (Å²) in [6.45, 7) is 2.64. The van der Waals surface area contributed by atoms with Crippen molar-refractivity contribution in [3.8, 4) is 0 Å². The molecule has 28 heavy (non-hydrogen) atoms. The van der Waals surface area contributed by atoms with Crippen LogP contribution in [-0.4, -0.2) is 64.6 Å². The number of nitrogens with zero attached hydrogens (tertiary/aromatic N) is 3. The predicted molar refractivity (Wildman–Crippen MR) is 104 cm³/mol. The maximum Gasteiger partial charge on any atom is 0.253 e. The molecule has 0 spiro atoms. The van der Waals surface area contributed by atoms with Gasteiger partial charge in [-0.05, 0) is 17.7 Å². The molecular weight excluding hydrogens is 354 g/mol. The molecule has 2 aromatic carbocycles. The van der Waals surface area contributed by atoms with E-state index in [1.807, 2.05) is 70.5 Å². The largest absolute Gasteiger partial charge is 0.336 e. The molecule has 2 aliphatic heterocycles. The maximum atomic E-state index is 12.8. The minimum absolute atomic E-state index is 0.0137. The zero-order valence-corrected chi connectivity index (χ0v) is 15.7. The molecule has 1 atom stereocenters. The van der Waals surface area contributed by atoms with E-state index in [2.05, 4.69) is 0 Å². The van der Waals surface area contributed by atoms with Crippen LogP contribution in [0.4, 0.5) is 0 Å². The summed E-state index contributed by atoms with van der Waals surface area (Å²) in [7, 11) is 0. The number of piperazine rings is 1. The highest BCUT2D eigenvalue weighted by atomic mass is 16.2. The second-order valence-corrected chi connectivity index (χ2v) is 7.22. The highest BCUT2D eigenvalue weighted by Gasteiger charge is 2.42. The summed E-state index contributed by atoms with van der Waals surface area (Å²) in [5.41, 5.74) is 1.63. The van der Waals surface area contributed by atoms with Gasteiger partial charge >= 0.3 is 0 Å². The van der Waals surface area contributed by atoms with E-state index in [9.17, 15) is 14.4 Å². The van der Waals surface area contributed by atoms with Crippen molar-refractivity contribution in [3.63, 3.8) is 0 Å². The molecule has 6 heteroatoms. The van der Waals surface area contributed by atoms with Gasteiger partial charge in [0, 0.05) is 31.7 Å². The fourth-order valence-corrected chi connectivity index (χ4v) is 3.88. The lowest BCUT2D eigenvalue weighted by atomic mass is 10.1.